The van der Waals surface area contributed by atoms with Gasteiger partial charge in [-0.2, -0.15) is 0 Å². The van der Waals surface area contributed by atoms with Crippen LogP contribution in [0, 0.1) is 17.8 Å². The summed E-state index contributed by atoms with van der Waals surface area (Å²) in [5.74, 6) is 1.98. The number of likely N-dealkylation sites (tertiary alicyclic amines) is 1. The van der Waals surface area contributed by atoms with Crippen molar-refractivity contribution < 1.29 is 5.11 Å². The van der Waals surface area contributed by atoms with Gasteiger partial charge >= 0.3 is 0 Å². The highest BCUT2D eigenvalue weighted by Gasteiger charge is 2.33. The molecule has 0 unspecified atom stereocenters. The number of aliphatic hydroxyl groups is 1. The van der Waals surface area contributed by atoms with Crippen molar-refractivity contribution in [2.24, 2.45) is 17.8 Å². The topological polar surface area (TPSA) is 23.5 Å². The molecule has 0 radical (unpaired) electrons. The minimum Gasteiger partial charge on any atom is -0.396 e. The molecule has 0 saturated carbocycles. The molecule has 0 aromatic heterocycles. The van der Waals surface area contributed by atoms with Crippen LogP contribution in [0.25, 0.3) is 0 Å². The fraction of sp³-hybridized carbons (Fsp3) is 1.00. The van der Waals surface area contributed by atoms with Crippen molar-refractivity contribution in [2.75, 3.05) is 19.7 Å². The summed E-state index contributed by atoms with van der Waals surface area (Å²) in [6, 6.07) is 0.626. The van der Waals surface area contributed by atoms with Gasteiger partial charge in [0.1, 0.15) is 0 Å². The molecular formula is C12H25NO. The summed E-state index contributed by atoms with van der Waals surface area (Å²) in [6.45, 7) is 11.7. The second-order valence-corrected chi connectivity index (χ2v) is 5.38. The van der Waals surface area contributed by atoms with E-state index >= 15 is 0 Å². The van der Waals surface area contributed by atoms with Gasteiger partial charge in [0.25, 0.3) is 0 Å². The van der Waals surface area contributed by atoms with E-state index in [2.05, 4.69) is 32.6 Å². The molecule has 14 heavy (non-hydrogen) atoms. The molecule has 1 rings (SSSR count). The molecule has 1 saturated heterocycles. The standard InChI is InChI=1S/C12H25NO/c1-9(2)5-11-6-13(10(3)4)7-12(11)8-14/h9-12,14H,5-8H2,1-4H3/t11-,12+/m0/s1. The first-order chi connectivity index (χ1) is 6.54. The summed E-state index contributed by atoms with van der Waals surface area (Å²) in [6.07, 6.45) is 1.26. The Balaban J connectivity index is 2.49. The van der Waals surface area contributed by atoms with Gasteiger partial charge in [0.2, 0.25) is 0 Å². The zero-order chi connectivity index (χ0) is 10.7. The Labute approximate surface area is 88.3 Å². The predicted octanol–water partition coefficient (Wildman–Crippen LogP) is 1.98. The minimum absolute atomic E-state index is 0.362. The van der Waals surface area contributed by atoms with Gasteiger partial charge in [0.15, 0.2) is 0 Å². The molecule has 1 N–H and O–H groups in total. The molecule has 1 aliphatic heterocycles. The van der Waals surface area contributed by atoms with Gasteiger partial charge in [-0.15, -0.1) is 0 Å². The van der Waals surface area contributed by atoms with Gasteiger partial charge < -0.3 is 10.0 Å². The van der Waals surface area contributed by atoms with Crippen LogP contribution in [-0.4, -0.2) is 35.7 Å². The van der Waals surface area contributed by atoms with E-state index in [4.69, 9.17) is 0 Å². The second kappa shape index (κ2) is 5.13. The average molecular weight is 199 g/mol. The fourth-order valence-electron chi connectivity index (χ4n) is 2.48. The third-order valence-electron chi connectivity index (χ3n) is 3.34. The van der Waals surface area contributed by atoms with Crippen LogP contribution in [-0.2, 0) is 0 Å². The van der Waals surface area contributed by atoms with Gasteiger partial charge in [-0.3, -0.25) is 0 Å². The summed E-state index contributed by atoms with van der Waals surface area (Å²) in [7, 11) is 0. The Morgan fingerprint density at radius 2 is 1.71 bits per heavy atom. The van der Waals surface area contributed by atoms with Crippen LogP contribution >= 0.6 is 0 Å². The van der Waals surface area contributed by atoms with Crippen molar-refractivity contribution >= 4 is 0 Å². The van der Waals surface area contributed by atoms with Gasteiger partial charge in [-0.05, 0) is 38.0 Å². The highest BCUT2D eigenvalue weighted by atomic mass is 16.3. The Kier molecular flexibility index (Phi) is 4.39. The van der Waals surface area contributed by atoms with Crippen LogP contribution in [0.5, 0.6) is 0 Å². The van der Waals surface area contributed by atoms with Gasteiger partial charge in [0.05, 0.1) is 0 Å². The van der Waals surface area contributed by atoms with Gasteiger partial charge in [-0.25, -0.2) is 0 Å². The molecule has 0 bridgehead atoms. The molecule has 0 spiro atoms. The molecule has 84 valence electrons. The molecule has 2 atom stereocenters. The van der Waals surface area contributed by atoms with Gasteiger partial charge in [0, 0.05) is 25.7 Å². The van der Waals surface area contributed by atoms with Crippen molar-refractivity contribution in [2.45, 2.75) is 40.2 Å². The van der Waals surface area contributed by atoms with Crippen molar-refractivity contribution in [3.63, 3.8) is 0 Å². The van der Waals surface area contributed by atoms with E-state index in [1.165, 1.54) is 13.0 Å². The van der Waals surface area contributed by atoms with E-state index in [9.17, 15) is 5.11 Å². The van der Waals surface area contributed by atoms with E-state index in [0.717, 1.165) is 12.5 Å². The Morgan fingerprint density at radius 3 is 2.14 bits per heavy atom. The minimum atomic E-state index is 0.362. The van der Waals surface area contributed by atoms with Crippen molar-refractivity contribution in [3.05, 3.63) is 0 Å². The normalized spacial score (nSPS) is 29.4. The van der Waals surface area contributed by atoms with E-state index in [1.54, 1.807) is 0 Å². The van der Waals surface area contributed by atoms with E-state index in [1.807, 2.05) is 0 Å². The van der Waals surface area contributed by atoms with Crippen molar-refractivity contribution in [1.82, 2.24) is 4.90 Å². The quantitative estimate of drug-likeness (QED) is 0.748. The lowest BCUT2D eigenvalue weighted by Crippen LogP contribution is -2.28. The molecule has 2 nitrogen and oxygen atoms in total. The fourth-order valence-corrected chi connectivity index (χ4v) is 2.48. The lowest BCUT2D eigenvalue weighted by Gasteiger charge is -2.20. The van der Waals surface area contributed by atoms with Crippen molar-refractivity contribution in [3.8, 4) is 0 Å². The first kappa shape index (κ1) is 12.0. The predicted molar refractivity (Wildman–Crippen MR) is 60.2 cm³/mol. The molecule has 2 heteroatoms. The van der Waals surface area contributed by atoms with Crippen LogP contribution < -0.4 is 0 Å². The maximum atomic E-state index is 9.32. The number of rotatable bonds is 4. The maximum absolute atomic E-state index is 9.32. The number of hydrogen-bond donors (Lipinski definition) is 1. The first-order valence-electron chi connectivity index (χ1n) is 5.89. The second-order valence-electron chi connectivity index (χ2n) is 5.38. The molecule has 0 aromatic rings. The molecule has 0 aromatic carbocycles. The number of hydrogen-bond acceptors (Lipinski definition) is 2. The van der Waals surface area contributed by atoms with E-state index in [0.29, 0.717) is 24.5 Å². The highest BCUT2D eigenvalue weighted by Crippen LogP contribution is 2.29. The molecule has 1 aliphatic rings. The van der Waals surface area contributed by atoms with Crippen LogP contribution in [0.4, 0.5) is 0 Å². The Bertz CT molecular complexity index is 168. The largest absolute Gasteiger partial charge is 0.396 e. The monoisotopic (exact) mass is 199 g/mol. The number of nitrogens with zero attached hydrogens (tertiary/aromatic N) is 1. The summed E-state index contributed by atoms with van der Waals surface area (Å²) < 4.78 is 0. The summed E-state index contributed by atoms with van der Waals surface area (Å²) >= 11 is 0. The molecule has 1 fully saturated rings. The summed E-state index contributed by atoms with van der Waals surface area (Å²) in [5, 5.41) is 9.32. The molecule has 0 aliphatic carbocycles. The van der Waals surface area contributed by atoms with E-state index in [-0.39, 0.29) is 0 Å². The third kappa shape index (κ3) is 2.96. The van der Waals surface area contributed by atoms with Gasteiger partial charge in [-0.1, -0.05) is 13.8 Å². The zero-order valence-electron chi connectivity index (χ0n) is 10.0. The Morgan fingerprint density at radius 1 is 1.14 bits per heavy atom. The first-order valence-corrected chi connectivity index (χ1v) is 5.89. The van der Waals surface area contributed by atoms with Crippen LogP contribution in [0.3, 0.4) is 0 Å². The molecule has 0 amide bonds. The maximum Gasteiger partial charge on any atom is 0.0474 e. The lowest BCUT2D eigenvalue weighted by molar-refractivity contribution is 0.189. The molecular weight excluding hydrogens is 174 g/mol. The molecule has 1 heterocycles. The highest BCUT2D eigenvalue weighted by molar-refractivity contribution is 4.85. The van der Waals surface area contributed by atoms with E-state index < -0.39 is 0 Å². The van der Waals surface area contributed by atoms with Crippen molar-refractivity contribution in [1.29, 1.82) is 0 Å². The Hall–Kier alpha value is -0.0800. The zero-order valence-corrected chi connectivity index (χ0v) is 10.0. The number of aliphatic hydroxyl groups excluding tert-OH is 1. The third-order valence-corrected chi connectivity index (χ3v) is 3.34. The SMILES string of the molecule is CC(C)C[C@H]1CN(C(C)C)C[C@@H]1CO. The smallest absolute Gasteiger partial charge is 0.0474 e. The van der Waals surface area contributed by atoms with Crippen LogP contribution in [0.2, 0.25) is 0 Å². The summed E-state index contributed by atoms with van der Waals surface area (Å²) in [4.78, 5) is 2.49. The summed E-state index contributed by atoms with van der Waals surface area (Å²) in [5.41, 5.74) is 0. The van der Waals surface area contributed by atoms with Crippen LogP contribution in [0.1, 0.15) is 34.1 Å². The van der Waals surface area contributed by atoms with Crippen LogP contribution in [0.15, 0.2) is 0 Å². The average Bonchev–Trinajstić information content (AvgIpc) is 2.46. The lowest BCUT2D eigenvalue weighted by atomic mass is 9.89.